The molecule has 176 valence electrons. The van der Waals surface area contributed by atoms with Crippen LogP contribution in [-0.4, -0.2) is 41.3 Å². The zero-order chi connectivity index (χ0) is 23.9. The molecule has 5 rings (SSSR count). The second-order valence-electron chi connectivity index (χ2n) is 8.59. The van der Waals surface area contributed by atoms with Crippen LogP contribution >= 0.6 is 0 Å². The number of hydrogen-bond acceptors (Lipinski definition) is 7. The summed E-state index contributed by atoms with van der Waals surface area (Å²) in [5.74, 6) is 0.640. The van der Waals surface area contributed by atoms with Crippen LogP contribution < -0.4 is 15.8 Å². The number of benzene rings is 2. The van der Waals surface area contributed by atoms with E-state index >= 15 is 0 Å². The molecule has 0 radical (unpaired) electrons. The Morgan fingerprint density at radius 1 is 0.941 bits per heavy atom. The fourth-order valence-electron chi connectivity index (χ4n) is 4.44. The number of aromatic nitrogens is 4. The quantitative estimate of drug-likeness (QED) is 0.451. The van der Waals surface area contributed by atoms with Gasteiger partial charge >= 0.3 is 0 Å². The van der Waals surface area contributed by atoms with Gasteiger partial charge in [-0.25, -0.2) is 23.2 Å². The molecule has 0 bridgehead atoms. The van der Waals surface area contributed by atoms with E-state index in [1.54, 1.807) is 16.8 Å². The average molecular weight is 478 g/mol. The number of aryl methyl sites for hydroxylation is 1. The van der Waals surface area contributed by atoms with Gasteiger partial charge in [-0.1, -0.05) is 42.5 Å². The van der Waals surface area contributed by atoms with Crippen LogP contribution in [0.15, 0.2) is 59.5 Å². The highest BCUT2D eigenvalue weighted by Crippen LogP contribution is 2.34. The van der Waals surface area contributed by atoms with E-state index < -0.39 is 16.1 Å². The van der Waals surface area contributed by atoms with Gasteiger partial charge in [0.15, 0.2) is 5.65 Å². The minimum atomic E-state index is -3.79. The summed E-state index contributed by atoms with van der Waals surface area (Å²) in [6, 6.07) is 15.6. The number of hydrogen-bond donors (Lipinski definition) is 2. The number of sulfonamides is 1. The fourth-order valence-corrected chi connectivity index (χ4v) is 4.96. The number of nitrogens with zero attached hydrogens (tertiary/aromatic N) is 5. The first-order chi connectivity index (χ1) is 16.3. The molecule has 4 N–H and O–H groups in total. The number of primary sulfonamides is 1. The van der Waals surface area contributed by atoms with Crippen molar-refractivity contribution in [1.29, 1.82) is 0 Å². The van der Waals surface area contributed by atoms with E-state index in [4.69, 9.17) is 25.9 Å². The molecule has 1 fully saturated rings. The molecule has 34 heavy (non-hydrogen) atoms. The maximum Gasteiger partial charge on any atom is 0.238 e. The van der Waals surface area contributed by atoms with Gasteiger partial charge in [-0.2, -0.15) is 10.1 Å². The lowest BCUT2D eigenvalue weighted by Gasteiger charge is -2.27. The van der Waals surface area contributed by atoms with E-state index in [1.807, 2.05) is 37.4 Å². The second-order valence-corrected chi connectivity index (χ2v) is 10.1. The first kappa shape index (κ1) is 22.5. The summed E-state index contributed by atoms with van der Waals surface area (Å²) in [5.41, 5.74) is 10.6. The summed E-state index contributed by atoms with van der Waals surface area (Å²) in [5, 5.41) is 10.8. The smallest absolute Gasteiger partial charge is 0.238 e. The highest BCUT2D eigenvalue weighted by Gasteiger charge is 2.25. The van der Waals surface area contributed by atoms with Crippen LogP contribution in [0.25, 0.3) is 22.3 Å². The van der Waals surface area contributed by atoms with E-state index in [0.29, 0.717) is 17.3 Å². The number of fused-ring (bicyclic) bond motifs is 1. The number of piperidine rings is 1. The summed E-state index contributed by atoms with van der Waals surface area (Å²) in [6.07, 6.45) is 3.39. The molecule has 0 saturated carbocycles. The van der Waals surface area contributed by atoms with Gasteiger partial charge in [-0.05, 0) is 37.0 Å². The van der Waals surface area contributed by atoms with Crippen molar-refractivity contribution >= 4 is 27.0 Å². The Morgan fingerprint density at radius 2 is 1.62 bits per heavy atom. The van der Waals surface area contributed by atoms with Gasteiger partial charge in [-0.15, -0.1) is 0 Å². The van der Waals surface area contributed by atoms with Crippen LogP contribution in [0, 0.1) is 0 Å². The fraction of sp³-hybridized carbons (Fsp3) is 0.292. The van der Waals surface area contributed by atoms with Gasteiger partial charge in [0, 0.05) is 25.7 Å². The number of anilines is 1. The predicted molar refractivity (Wildman–Crippen MR) is 132 cm³/mol. The molecule has 1 unspecified atom stereocenters. The molecule has 1 aliphatic heterocycles. The SMILES string of the molecule is Cn1nc(-c2ccccc2)c2c(C(N)c3ccc(S(N)(=O)=O)cc3)nc(N3CCCCC3)nc21. The van der Waals surface area contributed by atoms with Crippen LogP contribution in [0.2, 0.25) is 0 Å². The minimum Gasteiger partial charge on any atom is -0.341 e. The molecule has 4 aromatic rings. The van der Waals surface area contributed by atoms with Gasteiger partial charge in [0.25, 0.3) is 0 Å². The molecule has 0 aliphatic carbocycles. The van der Waals surface area contributed by atoms with Crippen molar-refractivity contribution in [2.75, 3.05) is 18.0 Å². The van der Waals surface area contributed by atoms with E-state index in [1.165, 1.54) is 18.6 Å². The summed E-state index contributed by atoms with van der Waals surface area (Å²) >= 11 is 0. The highest BCUT2D eigenvalue weighted by atomic mass is 32.2. The lowest BCUT2D eigenvalue weighted by molar-refractivity contribution is 0.567. The first-order valence-corrected chi connectivity index (χ1v) is 12.8. The van der Waals surface area contributed by atoms with E-state index in [0.717, 1.165) is 48.1 Å². The van der Waals surface area contributed by atoms with Crippen molar-refractivity contribution in [1.82, 2.24) is 19.7 Å². The van der Waals surface area contributed by atoms with Gasteiger partial charge in [0.05, 0.1) is 22.0 Å². The Morgan fingerprint density at radius 3 is 2.26 bits per heavy atom. The summed E-state index contributed by atoms with van der Waals surface area (Å²) in [6.45, 7) is 1.79. The Labute approximate surface area is 198 Å². The molecule has 0 spiro atoms. The molecule has 1 aliphatic rings. The zero-order valence-electron chi connectivity index (χ0n) is 18.9. The molecule has 0 amide bonds. The normalized spacial score (nSPS) is 15.6. The van der Waals surface area contributed by atoms with Crippen LogP contribution in [0.5, 0.6) is 0 Å². The Bertz CT molecular complexity index is 1430. The largest absolute Gasteiger partial charge is 0.341 e. The van der Waals surface area contributed by atoms with E-state index in [2.05, 4.69) is 4.90 Å². The third-order valence-electron chi connectivity index (χ3n) is 6.25. The topological polar surface area (TPSA) is 133 Å². The van der Waals surface area contributed by atoms with E-state index in [-0.39, 0.29) is 4.90 Å². The highest BCUT2D eigenvalue weighted by molar-refractivity contribution is 7.89. The number of rotatable bonds is 5. The van der Waals surface area contributed by atoms with Crippen LogP contribution in [0.4, 0.5) is 5.95 Å². The Hall–Kier alpha value is -3.34. The minimum absolute atomic E-state index is 0.0386. The summed E-state index contributed by atoms with van der Waals surface area (Å²) in [4.78, 5) is 12.1. The average Bonchev–Trinajstić information content (AvgIpc) is 3.20. The van der Waals surface area contributed by atoms with Crippen molar-refractivity contribution in [2.24, 2.45) is 17.9 Å². The maximum atomic E-state index is 11.7. The molecule has 9 nitrogen and oxygen atoms in total. The second kappa shape index (κ2) is 8.79. The van der Waals surface area contributed by atoms with Gasteiger partial charge < -0.3 is 10.6 Å². The number of nitrogens with two attached hydrogens (primary N) is 2. The van der Waals surface area contributed by atoms with Crippen LogP contribution in [0.1, 0.15) is 36.6 Å². The van der Waals surface area contributed by atoms with Crippen molar-refractivity contribution in [3.05, 3.63) is 65.9 Å². The lowest BCUT2D eigenvalue weighted by atomic mass is 9.99. The van der Waals surface area contributed by atoms with Crippen molar-refractivity contribution in [2.45, 2.75) is 30.2 Å². The molecule has 2 aromatic heterocycles. The first-order valence-electron chi connectivity index (χ1n) is 11.3. The third-order valence-corrected chi connectivity index (χ3v) is 7.18. The predicted octanol–water partition coefficient (Wildman–Crippen LogP) is 2.72. The molecular formula is C24H27N7O2S. The van der Waals surface area contributed by atoms with Crippen LogP contribution in [0.3, 0.4) is 0 Å². The molecular weight excluding hydrogens is 450 g/mol. The van der Waals surface area contributed by atoms with Crippen molar-refractivity contribution < 1.29 is 8.42 Å². The van der Waals surface area contributed by atoms with Gasteiger partial charge in [-0.3, -0.25) is 0 Å². The molecule has 3 heterocycles. The van der Waals surface area contributed by atoms with E-state index in [9.17, 15) is 8.42 Å². The summed E-state index contributed by atoms with van der Waals surface area (Å²) < 4.78 is 25.2. The van der Waals surface area contributed by atoms with Crippen LogP contribution in [-0.2, 0) is 17.1 Å². The van der Waals surface area contributed by atoms with Gasteiger partial charge in [0.2, 0.25) is 16.0 Å². The Balaban J connectivity index is 1.70. The van der Waals surface area contributed by atoms with Gasteiger partial charge in [0.1, 0.15) is 5.69 Å². The molecule has 10 heteroatoms. The zero-order valence-corrected chi connectivity index (χ0v) is 19.7. The third kappa shape index (κ3) is 4.15. The lowest BCUT2D eigenvalue weighted by Crippen LogP contribution is -2.31. The maximum absolute atomic E-state index is 11.7. The molecule has 1 atom stereocenters. The monoisotopic (exact) mass is 477 g/mol. The summed E-state index contributed by atoms with van der Waals surface area (Å²) in [7, 11) is -1.92. The molecule has 2 aromatic carbocycles. The van der Waals surface area contributed by atoms with Crippen molar-refractivity contribution in [3.63, 3.8) is 0 Å². The standard InChI is InChI=1S/C24H27N7O2S/c1-30-23-19(21(29-30)17-8-4-2-5-9-17)22(27-24(28-23)31-14-6-3-7-15-31)20(25)16-10-12-18(13-11-16)34(26,32)33/h2,4-5,8-13,20H,3,6-7,14-15,25H2,1H3,(H2,26,32,33). The molecule has 1 saturated heterocycles. The Kier molecular flexibility index (Phi) is 5.80. The van der Waals surface area contributed by atoms with Crippen molar-refractivity contribution in [3.8, 4) is 11.3 Å².